The molecular weight excluding hydrogens is 200 g/mol. The summed E-state index contributed by atoms with van der Waals surface area (Å²) in [7, 11) is 0. The van der Waals surface area contributed by atoms with Gasteiger partial charge in [-0.2, -0.15) is 4.99 Å². The van der Waals surface area contributed by atoms with Crippen molar-refractivity contribution >= 4 is 6.08 Å². The monoisotopic (exact) mass is 209 g/mol. The van der Waals surface area contributed by atoms with Crippen LogP contribution < -0.4 is 0 Å². The molecule has 1 aliphatic rings. The molecule has 78 valence electrons. The quantitative estimate of drug-likeness (QED) is 0.544. The molecular formula is C11H9F2NO. The molecule has 0 unspecified atom stereocenters. The van der Waals surface area contributed by atoms with Crippen molar-refractivity contribution in [1.82, 2.24) is 0 Å². The second kappa shape index (κ2) is 3.55. The molecule has 4 heteroatoms. The summed E-state index contributed by atoms with van der Waals surface area (Å²) in [5.41, 5.74) is -0.105. The standard InChI is InChI=1S/C11H9F2NO/c12-9-3-2-8(6-10(9)13)11(14-7-15)4-1-5-11/h2-3,6H,1,4-5H2. The maximum atomic E-state index is 13.0. The van der Waals surface area contributed by atoms with Crippen LogP contribution in [0.5, 0.6) is 0 Å². The van der Waals surface area contributed by atoms with E-state index in [1.165, 1.54) is 12.1 Å². The largest absolute Gasteiger partial charge is 0.235 e. The molecule has 0 amide bonds. The molecule has 1 aliphatic carbocycles. The second-order valence-electron chi connectivity index (χ2n) is 3.72. The first-order valence-corrected chi connectivity index (χ1v) is 4.72. The number of halogens is 2. The maximum Gasteiger partial charge on any atom is 0.235 e. The van der Waals surface area contributed by atoms with E-state index < -0.39 is 17.2 Å². The Labute approximate surface area is 85.6 Å². The van der Waals surface area contributed by atoms with E-state index in [0.29, 0.717) is 18.4 Å². The average Bonchev–Trinajstić information content (AvgIpc) is 2.16. The van der Waals surface area contributed by atoms with Crippen molar-refractivity contribution in [2.24, 2.45) is 4.99 Å². The Morgan fingerprint density at radius 1 is 1.27 bits per heavy atom. The van der Waals surface area contributed by atoms with Gasteiger partial charge in [0.1, 0.15) is 0 Å². The van der Waals surface area contributed by atoms with Gasteiger partial charge in [-0.1, -0.05) is 6.07 Å². The molecule has 1 saturated carbocycles. The molecule has 2 nitrogen and oxygen atoms in total. The molecule has 15 heavy (non-hydrogen) atoms. The topological polar surface area (TPSA) is 29.4 Å². The van der Waals surface area contributed by atoms with Gasteiger partial charge in [0.15, 0.2) is 11.6 Å². The predicted octanol–water partition coefficient (Wildman–Crippen LogP) is 2.68. The number of nitrogens with zero attached hydrogens (tertiary/aromatic N) is 1. The van der Waals surface area contributed by atoms with Crippen LogP contribution in [0, 0.1) is 11.6 Å². The third-order valence-corrected chi connectivity index (χ3v) is 2.90. The predicted molar refractivity (Wildman–Crippen MR) is 50.0 cm³/mol. The number of isocyanates is 1. The van der Waals surface area contributed by atoms with Crippen LogP contribution in [0.4, 0.5) is 8.78 Å². The lowest BCUT2D eigenvalue weighted by Crippen LogP contribution is -2.32. The molecule has 0 heterocycles. The van der Waals surface area contributed by atoms with Crippen LogP contribution in [0.15, 0.2) is 23.2 Å². The van der Waals surface area contributed by atoms with Crippen LogP contribution in [-0.2, 0) is 10.3 Å². The molecule has 2 rings (SSSR count). The van der Waals surface area contributed by atoms with Gasteiger partial charge in [-0.15, -0.1) is 0 Å². The van der Waals surface area contributed by atoms with Crippen molar-refractivity contribution in [2.75, 3.05) is 0 Å². The summed E-state index contributed by atoms with van der Waals surface area (Å²) < 4.78 is 25.7. The highest BCUT2D eigenvalue weighted by molar-refractivity contribution is 5.39. The Bertz CT molecular complexity index is 434. The van der Waals surface area contributed by atoms with Crippen molar-refractivity contribution in [3.05, 3.63) is 35.4 Å². The van der Waals surface area contributed by atoms with Gasteiger partial charge in [-0.25, -0.2) is 13.6 Å². The number of aliphatic imine (C=N–C) groups is 1. The first-order chi connectivity index (χ1) is 7.18. The van der Waals surface area contributed by atoms with Crippen molar-refractivity contribution in [3.63, 3.8) is 0 Å². The summed E-state index contributed by atoms with van der Waals surface area (Å²) in [6.07, 6.45) is 3.81. The van der Waals surface area contributed by atoms with Gasteiger partial charge in [0.2, 0.25) is 6.08 Å². The Morgan fingerprint density at radius 3 is 2.47 bits per heavy atom. The fourth-order valence-electron chi connectivity index (χ4n) is 1.85. The van der Waals surface area contributed by atoms with Gasteiger partial charge in [-0.3, -0.25) is 0 Å². The fraction of sp³-hybridized carbons (Fsp3) is 0.364. The van der Waals surface area contributed by atoms with Gasteiger partial charge in [0.25, 0.3) is 0 Å². The SMILES string of the molecule is O=C=NC1(c2ccc(F)c(F)c2)CCC1. The minimum Gasteiger partial charge on any atom is -0.211 e. The fourth-order valence-corrected chi connectivity index (χ4v) is 1.85. The number of benzene rings is 1. The summed E-state index contributed by atoms with van der Waals surface area (Å²) in [6.45, 7) is 0. The Morgan fingerprint density at radius 2 is 2.00 bits per heavy atom. The summed E-state index contributed by atoms with van der Waals surface area (Å²) in [5, 5.41) is 0. The van der Waals surface area contributed by atoms with E-state index in [1.54, 1.807) is 0 Å². The maximum absolute atomic E-state index is 13.0. The molecule has 0 saturated heterocycles. The Kier molecular flexibility index (Phi) is 2.37. The third-order valence-electron chi connectivity index (χ3n) is 2.90. The molecule has 1 aromatic carbocycles. The zero-order chi connectivity index (χ0) is 10.9. The van der Waals surface area contributed by atoms with Crippen LogP contribution in [0.25, 0.3) is 0 Å². The van der Waals surface area contributed by atoms with Crippen LogP contribution in [0.2, 0.25) is 0 Å². The molecule has 0 aromatic heterocycles. The van der Waals surface area contributed by atoms with Crippen molar-refractivity contribution < 1.29 is 13.6 Å². The molecule has 0 radical (unpaired) electrons. The number of carbonyl (C=O) groups excluding carboxylic acids is 1. The number of rotatable bonds is 2. The van der Waals surface area contributed by atoms with Gasteiger partial charge >= 0.3 is 0 Å². The molecule has 0 N–H and O–H groups in total. The van der Waals surface area contributed by atoms with E-state index in [-0.39, 0.29) is 0 Å². The third kappa shape index (κ3) is 1.57. The lowest BCUT2D eigenvalue weighted by atomic mass is 9.72. The van der Waals surface area contributed by atoms with Crippen LogP contribution in [-0.4, -0.2) is 6.08 Å². The minimum atomic E-state index is -0.903. The first kappa shape index (κ1) is 9.99. The molecule has 1 fully saturated rings. The normalized spacial score (nSPS) is 17.7. The van der Waals surface area contributed by atoms with Crippen LogP contribution in [0.3, 0.4) is 0 Å². The molecule has 0 atom stereocenters. The van der Waals surface area contributed by atoms with Gasteiger partial charge in [0, 0.05) is 0 Å². The number of hydrogen-bond donors (Lipinski definition) is 0. The molecule has 0 spiro atoms. The van der Waals surface area contributed by atoms with Crippen molar-refractivity contribution in [3.8, 4) is 0 Å². The zero-order valence-corrected chi connectivity index (χ0v) is 7.96. The van der Waals surface area contributed by atoms with Crippen LogP contribution in [0.1, 0.15) is 24.8 Å². The van der Waals surface area contributed by atoms with Gasteiger partial charge in [-0.05, 0) is 37.0 Å². The first-order valence-electron chi connectivity index (χ1n) is 4.72. The molecule has 0 aliphatic heterocycles. The number of hydrogen-bond acceptors (Lipinski definition) is 2. The highest BCUT2D eigenvalue weighted by Crippen LogP contribution is 2.44. The summed E-state index contributed by atoms with van der Waals surface area (Å²) in [4.78, 5) is 14.0. The summed E-state index contributed by atoms with van der Waals surface area (Å²) >= 11 is 0. The highest BCUT2D eigenvalue weighted by atomic mass is 19.2. The van der Waals surface area contributed by atoms with E-state index in [1.807, 2.05) is 0 Å². The molecule has 1 aromatic rings. The average molecular weight is 209 g/mol. The Hall–Kier alpha value is -1.54. The van der Waals surface area contributed by atoms with Crippen LogP contribution >= 0.6 is 0 Å². The summed E-state index contributed by atoms with van der Waals surface area (Å²) in [6, 6.07) is 3.64. The zero-order valence-electron chi connectivity index (χ0n) is 7.96. The summed E-state index contributed by atoms with van der Waals surface area (Å²) in [5.74, 6) is -1.79. The van der Waals surface area contributed by atoms with E-state index in [0.717, 1.165) is 18.6 Å². The van der Waals surface area contributed by atoms with Gasteiger partial charge < -0.3 is 0 Å². The minimum absolute atomic E-state index is 0.552. The van der Waals surface area contributed by atoms with E-state index >= 15 is 0 Å². The van der Waals surface area contributed by atoms with Crippen molar-refractivity contribution in [2.45, 2.75) is 24.8 Å². The van der Waals surface area contributed by atoms with Crippen molar-refractivity contribution in [1.29, 1.82) is 0 Å². The van der Waals surface area contributed by atoms with Gasteiger partial charge in [0.05, 0.1) is 5.54 Å². The lowest BCUT2D eigenvalue weighted by Gasteiger charge is -2.37. The lowest BCUT2D eigenvalue weighted by molar-refractivity contribution is 0.254. The molecule has 0 bridgehead atoms. The Balaban J connectivity index is 2.43. The van der Waals surface area contributed by atoms with E-state index in [2.05, 4.69) is 4.99 Å². The highest BCUT2D eigenvalue weighted by Gasteiger charge is 2.39. The van der Waals surface area contributed by atoms with E-state index in [9.17, 15) is 13.6 Å². The second-order valence-corrected chi connectivity index (χ2v) is 3.72. The van der Waals surface area contributed by atoms with E-state index in [4.69, 9.17) is 0 Å². The smallest absolute Gasteiger partial charge is 0.211 e.